The molecular weight excluding hydrogens is 356 g/mol. The number of carbonyl (C=O) groups is 1. The maximum atomic E-state index is 13.0. The highest BCUT2D eigenvalue weighted by Crippen LogP contribution is 2.35. The van der Waals surface area contributed by atoms with Crippen LogP contribution in [0.2, 0.25) is 0 Å². The second kappa shape index (κ2) is 6.76. The van der Waals surface area contributed by atoms with E-state index in [-0.39, 0.29) is 11.3 Å². The number of benzene rings is 1. The molecule has 2 aromatic rings. The van der Waals surface area contributed by atoms with Crippen molar-refractivity contribution >= 4 is 11.6 Å². The number of amides is 1. The molecule has 2 rings (SSSR count). The number of aliphatic hydroxyl groups is 1. The Hall–Kier alpha value is -2.93. The van der Waals surface area contributed by atoms with Gasteiger partial charge in [-0.2, -0.15) is 23.5 Å². The van der Waals surface area contributed by atoms with Crippen LogP contribution in [0.3, 0.4) is 0 Å². The highest BCUT2D eigenvalue weighted by atomic mass is 19.4. The van der Waals surface area contributed by atoms with Gasteiger partial charge in [0.2, 0.25) is 0 Å². The maximum Gasteiger partial charge on any atom is 0.417 e. The van der Waals surface area contributed by atoms with Gasteiger partial charge in [-0.15, -0.1) is 0 Å². The molecule has 0 saturated heterocycles. The van der Waals surface area contributed by atoms with Gasteiger partial charge in [0.1, 0.15) is 0 Å². The Balaban J connectivity index is 2.29. The molecule has 10 heteroatoms. The van der Waals surface area contributed by atoms with E-state index < -0.39 is 41.2 Å². The molecule has 1 heterocycles. The smallest absolute Gasteiger partial charge is 0.378 e. The van der Waals surface area contributed by atoms with Crippen molar-refractivity contribution in [2.24, 2.45) is 0 Å². The van der Waals surface area contributed by atoms with Gasteiger partial charge in [-0.3, -0.25) is 9.48 Å². The number of nitriles is 1. The van der Waals surface area contributed by atoms with E-state index >= 15 is 0 Å². The first-order valence-electron chi connectivity index (χ1n) is 7.28. The maximum absolute atomic E-state index is 13.0. The van der Waals surface area contributed by atoms with E-state index in [1.807, 2.05) is 0 Å². The molecule has 1 amide bonds. The van der Waals surface area contributed by atoms with Crippen LogP contribution < -0.4 is 5.32 Å². The molecule has 0 saturated carbocycles. The molecule has 0 fully saturated rings. The fourth-order valence-electron chi connectivity index (χ4n) is 2.24. The van der Waals surface area contributed by atoms with E-state index in [2.05, 4.69) is 10.4 Å². The summed E-state index contributed by atoms with van der Waals surface area (Å²) in [7, 11) is 0. The van der Waals surface area contributed by atoms with Crippen molar-refractivity contribution in [2.45, 2.75) is 32.2 Å². The van der Waals surface area contributed by atoms with Crippen molar-refractivity contribution in [3.05, 3.63) is 47.0 Å². The van der Waals surface area contributed by atoms with Crippen LogP contribution in [0.4, 0.5) is 23.2 Å². The second-order valence-electron chi connectivity index (χ2n) is 5.91. The highest BCUT2D eigenvalue weighted by molar-refractivity contribution is 5.97. The Kier molecular flexibility index (Phi) is 5.04. The summed E-state index contributed by atoms with van der Waals surface area (Å²) in [6.07, 6.45) is -2.95. The number of anilines is 1. The largest absolute Gasteiger partial charge is 0.417 e. The summed E-state index contributed by atoms with van der Waals surface area (Å²) in [6.45, 7) is 2.12. The zero-order valence-electron chi connectivity index (χ0n) is 13.7. The molecule has 0 aliphatic heterocycles. The van der Waals surface area contributed by atoms with E-state index in [1.165, 1.54) is 13.0 Å². The predicted molar refractivity (Wildman–Crippen MR) is 82.3 cm³/mol. The fourth-order valence-corrected chi connectivity index (χ4v) is 2.24. The average Bonchev–Trinajstić information content (AvgIpc) is 2.91. The highest BCUT2D eigenvalue weighted by Gasteiger charge is 2.36. The first-order chi connectivity index (χ1) is 11.9. The summed E-state index contributed by atoms with van der Waals surface area (Å²) in [4.78, 5) is 12.3. The molecule has 0 unspecified atom stereocenters. The standard InChI is InChI=1S/C16H14F4N4O2/c1-9-3-10(5-21)12(16(18,19)20)4-13(9)23-14(25)15(2,26)8-24-7-11(17)6-22-24/h3-4,6-7,26H,8H2,1-2H3,(H,23,25)/t15-/m0/s1. The SMILES string of the molecule is Cc1cc(C#N)c(C(F)(F)F)cc1NC(=O)[C@@](C)(O)Cn1cc(F)cn1. The van der Waals surface area contributed by atoms with Gasteiger partial charge in [0.05, 0.1) is 36.1 Å². The molecule has 6 nitrogen and oxygen atoms in total. The molecule has 1 aromatic carbocycles. The quantitative estimate of drug-likeness (QED) is 0.810. The third kappa shape index (κ3) is 4.18. The van der Waals surface area contributed by atoms with Crippen LogP contribution in [0, 0.1) is 24.1 Å². The van der Waals surface area contributed by atoms with Crippen molar-refractivity contribution in [1.82, 2.24) is 9.78 Å². The Morgan fingerprint density at radius 1 is 1.42 bits per heavy atom. The van der Waals surface area contributed by atoms with Crippen molar-refractivity contribution in [3.63, 3.8) is 0 Å². The molecule has 0 aliphatic rings. The van der Waals surface area contributed by atoms with Gasteiger partial charge in [-0.1, -0.05) is 0 Å². The minimum absolute atomic E-state index is 0.201. The minimum Gasteiger partial charge on any atom is -0.378 e. The third-order valence-electron chi connectivity index (χ3n) is 3.60. The minimum atomic E-state index is -4.78. The number of rotatable bonds is 4. The van der Waals surface area contributed by atoms with Crippen LogP contribution in [-0.4, -0.2) is 26.4 Å². The lowest BCUT2D eigenvalue weighted by Crippen LogP contribution is -2.44. The number of halogens is 4. The monoisotopic (exact) mass is 370 g/mol. The lowest BCUT2D eigenvalue weighted by Gasteiger charge is -2.23. The summed E-state index contributed by atoms with van der Waals surface area (Å²) < 4.78 is 53.1. The number of aryl methyl sites for hydroxylation is 1. The van der Waals surface area contributed by atoms with Crippen LogP contribution in [0.15, 0.2) is 24.5 Å². The zero-order chi connectivity index (χ0) is 19.7. The van der Waals surface area contributed by atoms with Gasteiger partial charge in [0.25, 0.3) is 5.91 Å². The third-order valence-corrected chi connectivity index (χ3v) is 3.60. The number of hydrogen-bond acceptors (Lipinski definition) is 4. The molecular formula is C16H14F4N4O2. The lowest BCUT2D eigenvalue weighted by atomic mass is 10.0. The summed E-state index contributed by atoms with van der Waals surface area (Å²) in [6, 6.07) is 3.09. The van der Waals surface area contributed by atoms with Crippen LogP contribution in [-0.2, 0) is 17.5 Å². The van der Waals surface area contributed by atoms with E-state index in [1.54, 1.807) is 0 Å². The van der Waals surface area contributed by atoms with E-state index in [0.717, 1.165) is 30.1 Å². The molecule has 26 heavy (non-hydrogen) atoms. The van der Waals surface area contributed by atoms with Crippen molar-refractivity contribution in [1.29, 1.82) is 5.26 Å². The Labute approximate surface area is 145 Å². The summed E-state index contributed by atoms with van der Waals surface area (Å²) in [5.74, 6) is -1.67. The van der Waals surface area contributed by atoms with Crippen LogP contribution in [0.5, 0.6) is 0 Å². The fraction of sp³-hybridized carbons (Fsp3) is 0.312. The van der Waals surface area contributed by atoms with Gasteiger partial charge in [0.15, 0.2) is 11.4 Å². The van der Waals surface area contributed by atoms with Gasteiger partial charge in [0, 0.05) is 5.69 Å². The number of alkyl halides is 3. The van der Waals surface area contributed by atoms with E-state index in [0.29, 0.717) is 6.07 Å². The van der Waals surface area contributed by atoms with Crippen LogP contribution in [0.1, 0.15) is 23.6 Å². The summed E-state index contributed by atoms with van der Waals surface area (Å²) in [5.41, 5.74) is -3.84. The van der Waals surface area contributed by atoms with E-state index in [4.69, 9.17) is 5.26 Å². The van der Waals surface area contributed by atoms with Gasteiger partial charge < -0.3 is 10.4 Å². The number of aromatic nitrogens is 2. The van der Waals surface area contributed by atoms with E-state index in [9.17, 15) is 27.5 Å². The topological polar surface area (TPSA) is 90.9 Å². The predicted octanol–water partition coefficient (Wildman–Crippen LogP) is 2.61. The van der Waals surface area contributed by atoms with Crippen molar-refractivity contribution < 1.29 is 27.5 Å². The van der Waals surface area contributed by atoms with Gasteiger partial charge >= 0.3 is 6.18 Å². The number of nitrogens with zero attached hydrogens (tertiary/aromatic N) is 3. The first kappa shape index (κ1) is 19.4. The number of carbonyl (C=O) groups excluding carboxylic acids is 1. The Morgan fingerprint density at radius 2 is 2.08 bits per heavy atom. The van der Waals surface area contributed by atoms with Gasteiger partial charge in [-0.05, 0) is 31.5 Å². The lowest BCUT2D eigenvalue weighted by molar-refractivity contribution is -0.138. The molecule has 1 atom stereocenters. The van der Waals surface area contributed by atoms with Crippen LogP contribution in [0.25, 0.3) is 0 Å². The molecule has 0 spiro atoms. The Morgan fingerprint density at radius 3 is 2.58 bits per heavy atom. The average molecular weight is 370 g/mol. The first-order valence-corrected chi connectivity index (χ1v) is 7.28. The number of hydrogen-bond donors (Lipinski definition) is 2. The van der Waals surface area contributed by atoms with Gasteiger partial charge in [-0.25, -0.2) is 4.39 Å². The summed E-state index contributed by atoms with van der Waals surface area (Å²) >= 11 is 0. The zero-order valence-corrected chi connectivity index (χ0v) is 13.7. The summed E-state index contributed by atoms with van der Waals surface area (Å²) in [5, 5.41) is 24.9. The van der Waals surface area contributed by atoms with Crippen molar-refractivity contribution in [2.75, 3.05) is 5.32 Å². The molecule has 138 valence electrons. The van der Waals surface area contributed by atoms with Crippen LogP contribution >= 0.6 is 0 Å². The normalized spacial score (nSPS) is 13.8. The molecule has 0 bridgehead atoms. The molecule has 0 radical (unpaired) electrons. The number of nitrogens with one attached hydrogen (secondary N) is 1. The molecule has 0 aliphatic carbocycles. The molecule has 2 N–H and O–H groups in total. The Bertz CT molecular complexity index is 881. The molecule has 1 aromatic heterocycles. The van der Waals surface area contributed by atoms with Crippen molar-refractivity contribution in [3.8, 4) is 6.07 Å². The second-order valence-corrected chi connectivity index (χ2v) is 5.91.